The third kappa shape index (κ3) is 9.44. The lowest BCUT2D eigenvalue weighted by atomic mass is 9.95. The number of aliphatic hydroxyl groups excluding tert-OH is 1. The number of carbonyl (C=O) groups excluding carboxylic acids is 3. The Bertz CT molecular complexity index is 2030. The molecule has 15 nitrogen and oxygen atoms in total. The normalized spacial score (nSPS) is 18.6. The van der Waals surface area contributed by atoms with Gasteiger partial charge in [0.25, 0.3) is 0 Å². The molecule has 0 radical (unpaired) electrons. The average Bonchev–Trinajstić information content (AvgIpc) is 4.05. The first-order valence-corrected chi connectivity index (χ1v) is 20.2. The number of amides is 3. The third-order valence-corrected chi connectivity index (χ3v) is 11.2. The van der Waals surface area contributed by atoms with E-state index in [0.29, 0.717) is 13.1 Å². The van der Waals surface area contributed by atoms with E-state index in [1.165, 1.54) is 14.2 Å². The van der Waals surface area contributed by atoms with E-state index in [2.05, 4.69) is 82.1 Å². The van der Waals surface area contributed by atoms with Crippen molar-refractivity contribution < 1.29 is 29.0 Å². The number of imidazole rings is 2. The molecule has 58 heavy (non-hydrogen) atoms. The summed E-state index contributed by atoms with van der Waals surface area (Å²) in [7, 11) is 6.79. The van der Waals surface area contributed by atoms with Crippen molar-refractivity contribution in [2.24, 2.45) is 11.8 Å². The molecule has 2 aliphatic rings. The molecule has 1 unspecified atom stereocenters. The zero-order valence-electron chi connectivity index (χ0n) is 34.9. The quantitative estimate of drug-likeness (QED) is 0.0973. The highest BCUT2D eigenvalue weighted by Crippen LogP contribution is 2.36. The molecule has 2 aromatic heterocycles. The van der Waals surface area contributed by atoms with E-state index in [9.17, 15) is 19.5 Å². The lowest BCUT2D eigenvalue weighted by Gasteiger charge is -2.31. The summed E-state index contributed by atoms with van der Waals surface area (Å²) in [5.41, 5.74) is 7.07. The van der Waals surface area contributed by atoms with Crippen molar-refractivity contribution in [3.05, 3.63) is 72.1 Å². The van der Waals surface area contributed by atoms with Gasteiger partial charge in [-0.2, -0.15) is 0 Å². The molecule has 4 aromatic rings. The molecule has 5 N–H and O–H groups in total. The molecule has 0 spiro atoms. The maximum atomic E-state index is 13.7. The molecular formula is C43H59N9O6. The Morgan fingerprint density at radius 1 is 0.810 bits per heavy atom. The molecule has 3 amide bonds. The van der Waals surface area contributed by atoms with Crippen LogP contribution in [-0.2, 0) is 25.6 Å². The summed E-state index contributed by atoms with van der Waals surface area (Å²) in [6.45, 7) is 9.63. The first-order chi connectivity index (χ1) is 27.8. The van der Waals surface area contributed by atoms with Crippen LogP contribution in [0, 0.1) is 11.8 Å². The SMILES string of the molecule is COC(=O)N[C@H](C(=O)N1CCC[C@H]1c1ncc(-c2ccc(-c3ccc(-c4cnc([C@@H]5CCCN5C(=O)[C@@H](NC(O)OC)C(C)C)[nH]4)cc3CN(C)C)cc2)[nH]1)C(C)C. The molecule has 2 saturated heterocycles. The molecule has 312 valence electrons. The van der Waals surface area contributed by atoms with Gasteiger partial charge in [0.2, 0.25) is 18.2 Å². The second-order valence-corrected chi connectivity index (χ2v) is 16.3. The number of H-pyrrole nitrogens is 2. The van der Waals surface area contributed by atoms with Gasteiger partial charge in [0, 0.05) is 26.7 Å². The van der Waals surface area contributed by atoms with Gasteiger partial charge < -0.3 is 44.6 Å². The molecule has 2 aliphatic heterocycles. The van der Waals surface area contributed by atoms with Crippen LogP contribution >= 0.6 is 0 Å². The lowest BCUT2D eigenvalue weighted by molar-refractivity contribution is -0.145. The number of aromatic nitrogens is 4. The molecule has 2 aromatic carbocycles. The average molecular weight is 798 g/mol. The topological polar surface area (TPSA) is 181 Å². The van der Waals surface area contributed by atoms with Crippen LogP contribution in [0.1, 0.15) is 82.7 Å². The fourth-order valence-corrected chi connectivity index (χ4v) is 8.11. The number of aromatic amines is 2. The summed E-state index contributed by atoms with van der Waals surface area (Å²) in [6, 6.07) is 13.1. The number of alkyl carbamates (subject to hydrolysis) is 1. The van der Waals surface area contributed by atoms with Crippen LogP contribution < -0.4 is 10.6 Å². The predicted molar refractivity (Wildman–Crippen MR) is 221 cm³/mol. The molecule has 0 aliphatic carbocycles. The molecule has 2 fully saturated rings. The summed E-state index contributed by atoms with van der Waals surface area (Å²) in [4.78, 5) is 61.6. The van der Waals surface area contributed by atoms with Gasteiger partial charge in [0.15, 0.2) is 0 Å². The van der Waals surface area contributed by atoms with Crippen molar-refractivity contribution in [3.63, 3.8) is 0 Å². The number of benzene rings is 2. The fourth-order valence-electron chi connectivity index (χ4n) is 8.11. The van der Waals surface area contributed by atoms with Crippen LogP contribution in [0.15, 0.2) is 54.9 Å². The highest BCUT2D eigenvalue weighted by atomic mass is 16.6. The number of methoxy groups -OCH3 is 2. The second-order valence-electron chi connectivity index (χ2n) is 16.3. The van der Waals surface area contributed by atoms with Crippen molar-refractivity contribution in [1.82, 2.24) is 45.3 Å². The molecular weight excluding hydrogens is 739 g/mol. The number of hydrogen-bond acceptors (Lipinski definition) is 10. The highest BCUT2D eigenvalue weighted by Gasteiger charge is 2.39. The number of nitrogens with zero attached hydrogens (tertiary/aromatic N) is 5. The first kappa shape index (κ1) is 42.5. The van der Waals surface area contributed by atoms with Crippen molar-refractivity contribution in [3.8, 4) is 33.6 Å². The van der Waals surface area contributed by atoms with Gasteiger partial charge in [0.1, 0.15) is 17.7 Å². The van der Waals surface area contributed by atoms with Gasteiger partial charge in [-0.3, -0.25) is 14.9 Å². The van der Waals surface area contributed by atoms with Crippen LogP contribution in [-0.4, -0.2) is 118 Å². The second kappa shape index (κ2) is 18.7. The fraction of sp³-hybridized carbons (Fsp3) is 0.512. The molecule has 6 rings (SSSR count). The number of aliphatic hydroxyl groups is 1. The van der Waals surface area contributed by atoms with E-state index in [1.807, 2.05) is 49.9 Å². The number of rotatable bonds is 15. The van der Waals surface area contributed by atoms with Crippen molar-refractivity contribution in [2.45, 2.75) is 90.5 Å². The van der Waals surface area contributed by atoms with Gasteiger partial charge in [0.05, 0.1) is 49.0 Å². The zero-order chi connectivity index (χ0) is 41.7. The van der Waals surface area contributed by atoms with Crippen LogP contribution in [0.25, 0.3) is 33.6 Å². The van der Waals surface area contributed by atoms with Crippen LogP contribution in [0.3, 0.4) is 0 Å². The minimum atomic E-state index is -1.23. The van der Waals surface area contributed by atoms with E-state index in [4.69, 9.17) is 19.4 Å². The van der Waals surface area contributed by atoms with E-state index >= 15 is 0 Å². The summed E-state index contributed by atoms with van der Waals surface area (Å²) in [5.74, 6) is 1.09. The third-order valence-electron chi connectivity index (χ3n) is 11.2. The lowest BCUT2D eigenvalue weighted by Crippen LogP contribution is -2.52. The van der Waals surface area contributed by atoms with Crippen molar-refractivity contribution >= 4 is 17.9 Å². The Labute approximate surface area is 340 Å². The van der Waals surface area contributed by atoms with E-state index in [1.54, 1.807) is 0 Å². The Hall–Kier alpha value is -5.09. The molecule has 5 atom stereocenters. The highest BCUT2D eigenvalue weighted by molar-refractivity contribution is 5.86. The van der Waals surface area contributed by atoms with Crippen LogP contribution in [0.5, 0.6) is 0 Å². The van der Waals surface area contributed by atoms with Gasteiger partial charge in [-0.15, -0.1) is 0 Å². The molecule has 15 heteroatoms. The maximum absolute atomic E-state index is 13.7. The Kier molecular flexibility index (Phi) is 13.7. The van der Waals surface area contributed by atoms with Gasteiger partial charge >= 0.3 is 6.09 Å². The van der Waals surface area contributed by atoms with Crippen LogP contribution in [0.4, 0.5) is 4.79 Å². The maximum Gasteiger partial charge on any atom is 0.407 e. The molecule has 0 saturated carbocycles. The summed E-state index contributed by atoms with van der Waals surface area (Å²) < 4.78 is 9.75. The van der Waals surface area contributed by atoms with Crippen molar-refractivity contribution in [1.29, 1.82) is 0 Å². The number of nitrogens with one attached hydrogen (secondary N) is 4. The number of likely N-dealkylation sites (tertiary alicyclic amines) is 2. The minimum Gasteiger partial charge on any atom is -0.453 e. The largest absolute Gasteiger partial charge is 0.453 e. The summed E-state index contributed by atoms with van der Waals surface area (Å²) >= 11 is 0. The van der Waals surface area contributed by atoms with E-state index < -0.39 is 24.6 Å². The smallest absolute Gasteiger partial charge is 0.407 e. The number of hydrogen-bond donors (Lipinski definition) is 5. The Balaban J connectivity index is 1.18. The van der Waals surface area contributed by atoms with Gasteiger partial charge in [-0.25, -0.2) is 14.8 Å². The van der Waals surface area contributed by atoms with Gasteiger partial charge in [-0.05, 0) is 85.5 Å². The van der Waals surface area contributed by atoms with Crippen molar-refractivity contribution in [2.75, 3.05) is 41.4 Å². The number of carbonyl (C=O) groups is 3. The zero-order valence-corrected chi connectivity index (χ0v) is 34.9. The van der Waals surface area contributed by atoms with Crippen LogP contribution in [0.2, 0.25) is 0 Å². The van der Waals surface area contributed by atoms with Gasteiger partial charge in [-0.1, -0.05) is 64.1 Å². The standard InChI is InChI=1S/C43H59N9O6/c1-25(2)36(48-42(55)57-7)40(53)51-19-9-11-34(51)38-44-22-32(46-38)28-15-13-27(14-16-28)31-18-17-29(21-30(31)24-50(5)6)33-23-45-39(47-33)35-12-10-20-52(35)41(54)37(26(3)4)49-43(56)58-8/h13-18,21-23,25-26,34-37,43,49,56H,9-12,19-20,24H2,1-8H3,(H,44,46)(H,45,47)(H,48,55)/t34-,35-,36-,37-,43?/m0/s1. The molecule has 4 heterocycles. The Morgan fingerprint density at radius 3 is 1.84 bits per heavy atom. The molecule has 0 bridgehead atoms. The number of ether oxygens (including phenoxy) is 2. The predicted octanol–water partition coefficient (Wildman–Crippen LogP) is 5.44. The first-order valence-electron chi connectivity index (χ1n) is 20.2. The summed E-state index contributed by atoms with van der Waals surface area (Å²) in [6.07, 6.45) is 5.09. The van der Waals surface area contributed by atoms with E-state index in [-0.39, 0.29) is 35.7 Å². The minimum absolute atomic E-state index is 0.0524. The monoisotopic (exact) mass is 797 g/mol. The van der Waals surface area contributed by atoms with E-state index in [0.717, 1.165) is 83.1 Å². The Morgan fingerprint density at radius 2 is 1.33 bits per heavy atom. The summed E-state index contributed by atoms with van der Waals surface area (Å²) in [5, 5.41) is 15.7.